The van der Waals surface area contributed by atoms with Crippen molar-refractivity contribution in [1.82, 2.24) is 19.7 Å². The number of carbonyl (C=O) groups is 2. The predicted octanol–water partition coefficient (Wildman–Crippen LogP) is 2.27. The lowest BCUT2D eigenvalue weighted by Crippen LogP contribution is -2.36. The first kappa shape index (κ1) is 20.4. The van der Waals surface area contributed by atoms with E-state index in [2.05, 4.69) is 33.4 Å². The van der Waals surface area contributed by atoms with Crippen LogP contribution < -0.4 is 4.74 Å². The monoisotopic (exact) mass is 396 g/mol. The number of aromatic nitrogens is 3. The number of amidine groups is 1. The molecule has 0 radical (unpaired) electrons. The number of Topliss-reactive ketones (excluding diaryl/α,β-unsaturated/α-hetero) is 1. The van der Waals surface area contributed by atoms with E-state index in [-0.39, 0.29) is 36.6 Å². The van der Waals surface area contributed by atoms with E-state index in [0.29, 0.717) is 22.6 Å². The van der Waals surface area contributed by atoms with E-state index in [1.165, 1.54) is 17.8 Å². The van der Waals surface area contributed by atoms with Gasteiger partial charge in [0.05, 0.1) is 11.7 Å². The SMILES string of the molecule is C=CN=C(COc1cc2c(C(C)=O)nn(CC(=O)N3CCCC3C)c2cn1)N=C. The lowest BCUT2D eigenvalue weighted by molar-refractivity contribution is -0.132. The Morgan fingerprint density at radius 3 is 2.86 bits per heavy atom. The number of aliphatic imine (C=N–C) groups is 2. The van der Waals surface area contributed by atoms with Gasteiger partial charge in [-0.3, -0.25) is 14.3 Å². The Bertz CT molecular complexity index is 994. The van der Waals surface area contributed by atoms with E-state index in [0.717, 1.165) is 19.4 Å². The molecular weight excluding hydrogens is 372 g/mol. The van der Waals surface area contributed by atoms with Crippen LogP contribution in [0.15, 0.2) is 35.0 Å². The molecule has 152 valence electrons. The Balaban J connectivity index is 1.87. The number of amides is 1. The summed E-state index contributed by atoms with van der Waals surface area (Å²) in [6, 6.07) is 1.85. The third-order valence-corrected chi connectivity index (χ3v) is 4.88. The number of hydrogen-bond donors (Lipinski definition) is 0. The van der Waals surface area contributed by atoms with Crippen LogP contribution in [0.3, 0.4) is 0 Å². The van der Waals surface area contributed by atoms with Gasteiger partial charge in [0.15, 0.2) is 11.6 Å². The topological polar surface area (TPSA) is 102 Å². The Kier molecular flexibility index (Phi) is 6.16. The molecule has 1 unspecified atom stereocenters. The fraction of sp³-hybridized carbons (Fsp3) is 0.400. The molecule has 0 bridgehead atoms. The molecule has 1 atom stereocenters. The van der Waals surface area contributed by atoms with Gasteiger partial charge in [0, 0.05) is 37.2 Å². The summed E-state index contributed by atoms with van der Waals surface area (Å²) in [5.74, 6) is 0.431. The van der Waals surface area contributed by atoms with Crippen LogP contribution in [-0.2, 0) is 11.3 Å². The predicted molar refractivity (Wildman–Crippen MR) is 111 cm³/mol. The van der Waals surface area contributed by atoms with Gasteiger partial charge in [-0.15, -0.1) is 0 Å². The highest BCUT2D eigenvalue weighted by Gasteiger charge is 2.26. The summed E-state index contributed by atoms with van der Waals surface area (Å²) in [7, 11) is 0. The van der Waals surface area contributed by atoms with Gasteiger partial charge >= 0.3 is 0 Å². The second kappa shape index (κ2) is 8.76. The number of pyridine rings is 1. The molecule has 0 spiro atoms. The summed E-state index contributed by atoms with van der Waals surface area (Å²) in [6.45, 7) is 11.3. The van der Waals surface area contributed by atoms with E-state index in [1.807, 2.05) is 11.8 Å². The molecule has 2 aromatic heterocycles. The third kappa shape index (κ3) is 4.39. The first-order chi connectivity index (χ1) is 13.9. The molecule has 1 saturated heterocycles. The maximum atomic E-state index is 12.7. The van der Waals surface area contributed by atoms with Crippen molar-refractivity contribution in [2.45, 2.75) is 39.3 Å². The molecule has 29 heavy (non-hydrogen) atoms. The van der Waals surface area contributed by atoms with Crippen molar-refractivity contribution in [2.75, 3.05) is 13.2 Å². The van der Waals surface area contributed by atoms with E-state index < -0.39 is 0 Å². The summed E-state index contributed by atoms with van der Waals surface area (Å²) in [4.78, 5) is 38.6. The minimum absolute atomic E-state index is 0.0165. The fourth-order valence-corrected chi connectivity index (χ4v) is 3.40. The molecule has 3 heterocycles. The Labute approximate surface area is 168 Å². The van der Waals surface area contributed by atoms with E-state index in [9.17, 15) is 9.59 Å². The van der Waals surface area contributed by atoms with Gasteiger partial charge in [-0.2, -0.15) is 5.10 Å². The van der Waals surface area contributed by atoms with E-state index in [4.69, 9.17) is 4.74 Å². The maximum absolute atomic E-state index is 12.7. The first-order valence-electron chi connectivity index (χ1n) is 9.38. The van der Waals surface area contributed by atoms with Crippen LogP contribution in [0, 0.1) is 0 Å². The molecule has 0 N–H and O–H groups in total. The molecule has 0 aliphatic carbocycles. The molecule has 3 rings (SSSR count). The van der Waals surface area contributed by atoms with Crippen LogP contribution in [-0.4, -0.2) is 63.1 Å². The van der Waals surface area contributed by atoms with Gasteiger partial charge in [-0.25, -0.2) is 15.0 Å². The summed E-state index contributed by atoms with van der Waals surface area (Å²) in [5.41, 5.74) is 0.876. The molecule has 0 aromatic carbocycles. The molecular formula is C20H24N6O3. The van der Waals surface area contributed by atoms with Crippen LogP contribution in [0.1, 0.15) is 37.2 Å². The molecule has 2 aromatic rings. The zero-order valence-electron chi connectivity index (χ0n) is 16.7. The minimum atomic E-state index is -0.199. The molecule has 1 aliphatic heterocycles. The number of nitrogens with zero attached hydrogens (tertiary/aromatic N) is 6. The Morgan fingerprint density at radius 2 is 2.24 bits per heavy atom. The summed E-state index contributed by atoms with van der Waals surface area (Å²) in [5, 5.41) is 4.95. The zero-order valence-corrected chi connectivity index (χ0v) is 16.7. The zero-order chi connectivity index (χ0) is 21.0. The quantitative estimate of drug-likeness (QED) is 0.406. The van der Waals surface area contributed by atoms with Gasteiger partial charge in [0.1, 0.15) is 18.8 Å². The molecule has 1 amide bonds. The van der Waals surface area contributed by atoms with Crippen LogP contribution in [0.2, 0.25) is 0 Å². The Hall–Kier alpha value is -3.36. The van der Waals surface area contributed by atoms with Crippen LogP contribution >= 0.6 is 0 Å². The fourth-order valence-electron chi connectivity index (χ4n) is 3.40. The number of ether oxygens (including phenoxy) is 1. The number of rotatable bonds is 7. The lowest BCUT2D eigenvalue weighted by atomic mass is 10.2. The van der Waals surface area contributed by atoms with Crippen molar-refractivity contribution >= 4 is 35.1 Å². The highest BCUT2D eigenvalue weighted by Crippen LogP contribution is 2.24. The summed E-state index contributed by atoms with van der Waals surface area (Å²) in [6.07, 6.45) is 4.91. The van der Waals surface area contributed by atoms with Gasteiger partial charge in [0.2, 0.25) is 11.8 Å². The molecule has 0 saturated carbocycles. The smallest absolute Gasteiger partial charge is 0.244 e. The molecule has 1 aliphatic rings. The highest BCUT2D eigenvalue weighted by atomic mass is 16.5. The number of likely N-dealkylation sites (tertiary alicyclic amines) is 1. The van der Waals surface area contributed by atoms with Crippen molar-refractivity contribution in [2.24, 2.45) is 9.98 Å². The van der Waals surface area contributed by atoms with Crippen LogP contribution in [0.25, 0.3) is 10.9 Å². The average Bonchev–Trinajstić information content (AvgIpc) is 3.28. The number of ketones is 1. The second-order valence-electron chi connectivity index (χ2n) is 6.86. The van der Waals surface area contributed by atoms with E-state index in [1.54, 1.807) is 12.3 Å². The van der Waals surface area contributed by atoms with Crippen molar-refractivity contribution in [1.29, 1.82) is 0 Å². The second-order valence-corrected chi connectivity index (χ2v) is 6.86. The lowest BCUT2D eigenvalue weighted by Gasteiger charge is -2.21. The normalized spacial score (nSPS) is 16.8. The largest absolute Gasteiger partial charge is 0.469 e. The minimum Gasteiger partial charge on any atom is -0.469 e. The van der Waals surface area contributed by atoms with Gasteiger partial charge < -0.3 is 9.64 Å². The van der Waals surface area contributed by atoms with Crippen molar-refractivity contribution in [3.63, 3.8) is 0 Å². The van der Waals surface area contributed by atoms with Gasteiger partial charge in [-0.1, -0.05) is 6.58 Å². The number of fused-ring (bicyclic) bond motifs is 1. The van der Waals surface area contributed by atoms with E-state index >= 15 is 0 Å². The number of carbonyl (C=O) groups excluding carboxylic acids is 2. The van der Waals surface area contributed by atoms with Crippen molar-refractivity contribution in [3.8, 4) is 5.88 Å². The third-order valence-electron chi connectivity index (χ3n) is 4.88. The number of hydrogen-bond acceptors (Lipinski definition) is 6. The standard InChI is InChI=1S/C20H24N6O3/c1-5-22-17(21-4)12-29-18-9-15-16(10-23-18)26(24-20(15)14(3)27)11-19(28)25-8-6-7-13(25)2/h5,9-10,13H,1,4,6-8,11-12H2,2-3H3. The summed E-state index contributed by atoms with van der Waals surface area (Å²) >= 11 is 0. The maximum Gasteiger partial charge on any atom is 0.244 e. The average molecular weight is 396 g/mol. The van der Waals surface area contributed by atoms with Crippen LogP contribution in [0.4, 0.5) is 0 Å². The van der Waals surface area contributed by atoms with Gasteiger partial charge in [0.25, 0.3) is 0 Å². The van der Waals surface area contributed by atoms with Gasteiger partial charge in [-0.05, 0) is 26.5 Å². The van der Waals surface area contributed by atoms with Crippen molar-refractivity contribution in [3.05, 3.63) is 30.7 Å². The summed E-state index contributed by atoms with van der Waals surface area (Å²) < 4.78 is 7.13. The Morgan fingerprint density at radius 1 is 1.45 bits per heavy atom. The van der Waals surface area contributed by atoms with Crippen molar-refractivity contribution < 1.29 is 14.3 Å². The molecule has 1 fully saturated rings. The molecule has 9 heteroatoms. The van der Waals surface area contributed by atoms with Crippen LogP contribution in [0.5, 0.6) is 5.88 Å². The first-order valence-corrected chi connectivity index (χ1v) is 9.38. The highest BCUT2D eigenvalue weighted by molar-refractivity contribution is 6.05. The molecule has 9 nitrogen and oxygen atoms in total.